The number of hydrogen-bond acceptors (Lipinski definition) is 6. The second-order valence-electron chi connectivity index (χ2n) is 4.80. The number of nitrogens with one attached hydrogen (secondary N) is 1. The Bertz CT molecular complexity index is 596. The van der Waals surface area contributed by atoms with Crippen molar-refractivity contribution in [2.75, 3.05) is 23.3 Å². The molecule has 2 aromatic heterocycles. The van der Waals surface area contributed by atoms with Crippen LogP contribution in [-0.4, -0.2) is 34.2 Å². The van der Waals surface area contributed by atoms with Crippen LogP contribution in [-0.2, 0) is 4.79 Å². The van der Waals surface area contributed by atoms with Gasteiger partial charge in [0.15, 0.2) is 16.1 Å². The van der Waals surface area contributed by atoms with Crippen molar-refractivity contribution in [1.29, 1.82) is 0 Å². The molecule has 1 aliphatic heterocycles. The molecule has 3 heterocycles. The lowest BCUT2D eigenvalue weighted by molar-refractivity contribution is -0.120. The van der Waals surface area contributed by atoms with Gasteiger partial charge in [-0.15, -0.1) is 21.5 Å². The average Bonchev–Trinajstić information content (AvgIpc) is 3.01. The molecule has 1 amide bonds. The number of anilines is 2. The second-order valence-corrected chi connectivity index (χ2v) is 6.08. The molecule has 0 aromatic carbocycles. The van der Waals surface area contributed by atoms with Gasteiger partial charge in [0, 0.05) is 30.6 Å². The molecule has 1 aliphatic rings. The molecule has 0 bridgehead atoms. The number of rotatable bonds is 3. The number of aromatic nitrogens is 3. The Hall–Kier alpha value is -1.73. The first-order valence-corrected chi connectivity index (χ1v) is 7.92. The first kappa shape index (κ1) is 14.2. The molecule has 0 radical (unpaired) electrons. The van der Waals surface area contributed by atoms with E-state index in [1.165, 1.54) is 11.3 Å². The van der Waals surface area contributed by atoms with Gasteiger partial charge in [0.1, 0.15) is 0 Å². The molecule has 0 unspecified atom stereocenters. The fraction of sp³-hybridized carbons (Fsp3) is 0.385. The average molecular weight is 324 g/mol. The predicted octanol–water partition coefficient (Wildman–Crippen LogP) is 2.44. The standard InChI is InChI=1S/C13H14ClN5OS/c14-10-1-2-11(18-17-10)19-6-3-9(4-7-19)12(20)16-13-15-5-8-21-13/h1-2,5,8-9H,3-4,6-7H2,(H,15,16,20). The lowest BCUT2D eigenvalue weighted by Gasteiger charge is -2.31. The normalized spacial score (nSPS) is 16.0. The van der Waals surface area contributed by atoms with Crippen molar-refractivity contribution >= 4 is 39.8 Å². The monoisotopic (exact) mass is 323 g/mol. The summed E-state index contributed by atoms with van der Waals surface area (Å²) in [6.07, 6.45) is 3.27. The Morgan fingerprint density at radius 3 is 2.76 bits per heavy atom. The van der Waals surface area contributed by atoms with Crippen LogP contribution in [0.4, 0.5) is 10.9 Å². The van der Waals surface area contributed by atoms with Crippen LogP contribution in [0, 0.1) is 5.92 Å². The third kappa shape index (κ3) is 3.48. The predicted molar refractivity (Wildman–Crippen MR) is 82.7 cm³/mol. The molecule has 3 rings (SSSR count). The van der Waals surface area contributed by atoms with Gasteiger partial charge < -0.3 is 10.2 Å². The highest BCUT2D eigenvalue weighted by atomic mass is 35.5. The maximum atomic E-state index is 12.1. The van der Waals surface area contributed by atoms with Gasteiger partial charge in [0.25, 0.3) is 0 Å². The Morgan fingerprint density at radius 1 is 1.33 bits per heavy atom. The number of halogens is 1. The van der Waals surface area contributed by atoms with Crippen molar-refractivity contribution in [3.05, 3.63) is 28.9 Å². The van der Waals surface area contributed by atoms with Gasteiger partial charge in [-0.2, -0.15) is 0 Å². The molecule has 1 saturated heterocycles. The molecule has 2 aromatic rings. The quantitative estimate of drug-likeness (QED) is 0.939. The third-order valence-electron chi connectivity index (χ3n) is 3.47. The summed E-state index contributed by atoms with van der Waals surface area (Å²) in [5, 5.41) is 13.7. The highest BCUT2D eigenvalue weighted by molar-refractivity contribution is 7.13. The van der Waals surface area contributed by atoms with Crippen LogP contribution in [0.3, 0.4) is 0 Å². The van der Waals surface area contributed by atoms with Crippen LogP contribution in [0.15, 0.2) is 23.7 Å². The van der Waals surface area contributed by atoms with E-state index in [9.17, 15) is 4.79 Å². The number of carbonyl (C=O) groups is 1. The maximum Gasteiger partial charge on any atom is 0.229 e. The summed E-state index contributed by atoms with van der Waals surface area (Å²) < 4.78 is 0. The molecular formula is C13H14ClN5OS. The largest absolute Gasteiger partial charge is 0.355 e. The Morgan fingerprint density at radius 2 is 2.14 bits per heavy atom. The van der Waals surface area contributed by atoms with E-state index >= 15 is 0 Å². The Kier molecular flexibility index (Phi) is 4.31. The van der Waals surface area contributed by atoms with Crippen molar-refractivity contribution in [3.63, 3.8) is 0 Å². The van der Waals surface area contributed by atoms with E-state index < -0.39 is 0 Å². The zero-order chi connectivity index (χ0) is 14.7. The van der Waals surface area contributed by atoms with Crippen LogP contribution in [0.1, 0.15) is 12.8 Å². The first-order valence-electron chi connectivity index (χ1n) is 6.67. The van der Waals surface area contributed by atoms with E-state index in [1.807, 2.05) is 11.4 Å². The summed E-state index contributed by atoms with van der Waals surface area (Å²) in [7, 11) is 0. The van der Waals surface area contributed by atoms with Gasteiger partial charge in [-0.25, -0.2) is 4.98 Å². The number of nitrogens with zero attached hydrogens (tertiary/aromatic N) is 4. The third-order valence-corrected chi connectivity index (χ3v) is 4.36. The zero-order valence-electron chi connectivity index (χ0n) is 11.2. The zero-order valence-corrected chi connectivity index (χ0v) is 12.8. The molecule has 0 spiro atoms. The van der Waals surface area contributed by atoms with Crippen molar-refractivity contribution in [2.24, 2.45) is 5.92 Å². The molecule has 1 N–H and O–H groups in total. The number of piperidine rings is 1. The van der Waals surface area contributed by atoms with E-state index in [4.69, 9.17) is 11.6 Å². The lowest BCUT2D eigenvalue weighted by Crippen LogP contribution is -2.38. The highest BCUT2D eigenvalue weighted by Crippen LogP contribution is 2.23. The van der Waals surface area contributed by atoms with Gasteiger partial charge in [-0.1, -0.05) is 11.6 Å². The van der Waals surface area contributed by atoms with Crippen LogP contribution >= 0.6 is 22.9 Å². The smallest absolute Gasteiger partial charge is 0.229 e. The van der Waals surface area contributed by atoms with Gasteiger partial charge in [0.2, 0.25) is 5.91 Å². The summed E-state index contributed by atoms with van der Waals surface area (Å²) in [5.41, 5.74) is 0. The van der Waals surface area contributed by atoms with E-state index in [-0.39, 0.29) is 11.8 Å². The van der Waals surface area contributed by atoms with Crippen molar-refractivity contribution < 1.29 is 4.79 Å². The Labute approximate surface area is 131 Å². The number of amides is 1. The first-order chi connectivity index (χ1) is 10.2. The van der Waals surface area contributed by atoms with Crippen LogP contribution in [0.5, 0.6) is 0 Å². The van der Waals surface area contributed by atoms with E-state index in [1.54, 1.807) is 12.3 Å². The molecule has 21 heavy (non-hydrogen) atoms. The summed E-state index contributed by atoms with van der Waals surface area (Å²) in [6, 6.07) is 3.58. The maximum absolute atomic E-state index is 12.1. The van der Waals surface area contributed by atoms with Gasteiger partial charge in [-0.3, -0.25) is 4.79 Å². The summed E-state index contributed by atoms with van der Waals surface area (Å²) in [4.78, 5) is 18.3. The molecule has 0 aliphatic carbocycles. The number of hydrogen-bond donors (Lipinski definition) is 1. The number of thiazole rings is 1. The van der Waals surface area contributed by atoms with E-state index in [2.05, 4.69) is 25.4 Å². The van der Waals surface area contributed by atoms with Gasteiger partial charge in [-0.05, 0) is 25.0 Å². The SMILES string of the molecule is O=C(Nc1nccs1)C1CCN(c2ccc(Cl)nn2)CC1. The van der Waals surface area contributed by atoms with Crippen molar-refractivity contribution in [2.45, 2.75) is 12.8 Å². The van der Waals surface area contributed by atoms with Crippen LogP contribution in [0.25, 0.3) is 0 Å². The van der Waals surface area contributed by atoms with Gasteiger partial charge in [0.05, 0.1) is 0 Å². The van der Waals surface area contributed by atoms with E-state index in [0.717, 1.165) is 31.7 Å². The molecule has 0 saturated carbocycles. The highest BCUT2D eigenvalue weighted by Gasteiger charge is 2.26. The van der Waals surface area contributed by atoms with Crippen LogP contribution < -0.4 is 10.2 Å². The lowest BCUT2D eigenvalue weighted by atomic mass is 9.96. The summed E-state index contributed by atoms with van der Waals surface area (Å²) >= 11 is 7.16. The fourth-order valence-electron chi connectivity index (χ4n) is 2.34. The minimum absolute atomic E-state index is 0.0189. The van der Waals surface area contributed by atoms with Gasteiger partial charge >= 0.3 is 0 Å². The fourth-order valence-corrected chi connectivity index (χ4v) is 2.97. The van der Waals surface area contributed by atoms with E-state index in [0.29, 0.717) is 10.3 Å². The Balaban J connectivity index is 1.55. The van der Waals surface area contributed by atoms with Crippen molar-refractivity contribution in [3.8, 4) is 0 Å². The molecular weight excluding hydrogens is 310 g/mol. The number of carbonyl (C=O) groups excluding carboxylic acids is 1. The molecule has 0 atom stereocenters. The molecule has 110 valence electrons. The summed E-state index contributed by atoms with van der Waals surface area (Å²) in [5.74, 6) is 0.871. The molecule has 1 fully saturated rings. The second kappa shape index (κ2) is 6.36. The molecule has 6 nitrogen and oxygen atoms in total. The van der Waals surface area contributed by atoms with Crippen molar-refractivity contribution in [1.82, 2.24) is 15.2 Å². The summed E-state index contributed by atoms with van der Waals surface area (Å²) in [6.45, 7) is 1.57. The minimum atomic E-state index is 0.0189. The van der Waals surface area contributed by atoms with Crippen LogP contribution in [0.2, 0.25) is 5.15 Å². The topological polar surface area (TPSA) is 71.0 Å². The molecule has 8 heteroatoms. The minimum Gasteiger partial charge on any atom is -0.355 e.